The molecule has 5 heteroatoms. The van der Waals surface area contributed by atoms with Gasteiger partial charge in [-0.3, -0.25) is 4.79 Å². The first kappa shape index (κ1) is 16.4. The van der Waals surface area contributed by atoms with Crippen molar-refractivity contribution in [3.63, 3.8) is 0 Å². The van der Waals surface area contributed by atoms with E-state index in [0.717, 1.165) is 12.1 Å². The van der Waals surface area contributed by atoms with Crippen LogP contribution in [0.4, 0.5) is 4.39 Å². The number of hydrogen-bond acceptors (Lipinski definition) is 4. The monoisotopic (exact) mass is 283 g/mol. The average Bonchev–Trinajstić information content (AvgIpc) is 2.41. The molecule has 0 saturated heterocycles. The highest BCUT2D eigenvalue weighted by Gasteiger charge is 2.11. The van der Waals surface area contributed by atoms with E-state index >= 15 is 0 Å². The van der Waals surface area contributed by atoms with Gasteiger partial charge in [-0.15, -0.1) is 0 Å². The molecular weight excluding hydrogens is 261 g/mol. The minimum absolute atomic E-state index is 0.101. The summed E-state index contributed by atoms with van der Waals surface area (Å²) in [6.07, 6.45) is 0.101. The van der Waals surface area contributed by atoms with Crippen LogP contribution < -0.4 is 10.1 Å². The van der Waals surface area contributed by atoms with Crippen LogP contribution in [0, 0.1) is 11.7 Å². The molecule has 0 atom stereocenters. The molecule has 4 nitrogen and oxygen atoms in total. The first-order valence-electron chi connectivity index (χ1n) is 6.72. The van der Waals surface area contributed by atoms with Gasteiger partial charge in [-0.1, -0.05) is 26.0 Å². The number of esters is 1. The Balaban J connectivity index is 2.60. The van der Waals surface area contributed by atoms with E-state index < -0.39 is 5.82 Å². The summed E-state index contributed by atoms with van der Waals surface area (Å²) in [4.78, 5) is 11.0. The molecule has 0 unspecified atom stereocenters. The lowest BCUT2D eigenvalue weighted by Gasteiger charge is -2.13. The standard InChI is InChI=1S/C15H22FNO3/c1-11(2)9-17-10-12-5-4-6-13(16)15(12)20-8-7-14(18)19-3/h4-6,11,17H,7-10H2,1-3H3. The molecule has 0 aliphatic carbocycles. The number of carbonyl (C=O) groups is 1. The van der Waals surface area contributed by atoms with Crippen molar-refractivity contribution in [2.24, 2.45) is 5.92 Å². The van der Waals surface area contributed by atoms with E-state index in [9.17, 15) is 9.18 Å². The zero-order chi connectivity index (χ0) is 15.0. The Morgan fingerprint density at radius 1 is 1.40 bits per heavy atom. The fourth-order valence-corrected chi connectivity index (χ4v) is 1.69. The van der Waals surface area contributed by atoms with Crippen molar-refractivity contribution in [2.75, 3.05) is 20.3 Å². The summed E-state index contributed by atoms with van der Waals surface area (Å²) >= 11 is 0. The second kappa shape index (κ2) is 8.53. The smallest absolute Gasteiger partial charge is 0.308 e. The maximum atomic E-state index is 13.8. The average molecular weight is 283 g/mol. The molecule has 0 aromatic heterocycles. The van der Waals surface area contributed by atoms with Gasteiger partial charge in [0.25, 0.3) is 0 Å². The van der Waals surface area contributed by atoms with Crippen LogP contribution in [-0.4, -0.2) is 26.2 Å². The number of hydrogen-bond donors (Lipinski definition) is 1. The van der Waals surface area contributed by atoms with E-state index in [1.165, 1.54) is 13.2 Å². The maximum absolute atomic E-state index is 13.8. The summed E-state index contributed by atoms with van der Waals surface area (Å²) in [5.41, 5.74) is 0.746. The summed E-state index contributed by atoms with van der Waals surface area (Å²) in [5.74, 6) is -0.0700. The molecule has 20 heavy (non-hydrogen) atoms. The van der Waals surface area contributed by atoms with Gasteiger partial charge in [0.05, 0.1) is 20.1 Å². The number of methoxy groups -OCH3 is 1. The van der Waals surface area contributed by atoms with Crippen molar-refractivity contribution in [3.05, 3.63) is 29.6 Å². The van der Waals surface area contributed by atoms with E-state index in [1.807, 2.05) is 6.07 Å². The van der Waals surface area contributed by atoms with Gasteiger partial charge < -0.3 is 14.8 Å². The molecule has 1 aromatic carbocycles. The number of ether oxygens (including phenoxy) is 2. The van der Waals surface area contributed by atoms with Crippen LogP contribution in [0.25, 0.3) is 0 Å². The number of carbonyl (C=O) groups excluding carboxylic acids is 1. The van der Waals surface area contributed by atoms with Crippen molar-refractivity contribution >= 4 is 5.97 Å². The molecule has 1 N–H and O–H groups in total. The molecular formula is C15H22FNO3. The first-order valence-corrected chi connectivity index (χ1v) is 6.72. The Kier molecular flexibility index (Phi) is 7.01. The largest absolute Gasteiger partial charge is 0.490 e. The molecule has 0 amide bonds. The van der Waals surface area contributed by atoms with Gasteiger partial charge in [0.1, 0.15) is 0 Å². The van der Waals surface area contributed by atoms with Crippen LogP contribution in [0.5, 0.6) is 5.75 Å². The fourth-order valence-electron chi connectivity index (χ4n) is 1.69. The van der Waals surface area contributed by atoms with Gasteiger partial charge in [-0.25, -0.2) is 4.39 Å². The van der Waals surface area contributed by atoms with Crippen molar-refractivity contribution in [1.29, 1.82) is 0 Å². The first-order chi connectivity index (χ1) is 9.54. The van der Waals surface area contributed by atoms with E-state index in [0.29, 0.717) is 12.5 Å². The quantitative estimate of drug-likeness (QED) is 0.745. The Morgan fingerprint density at radius 3 is 2.80 bits per heavy atom. The molecule has 0 spiro atoms. The Morgan fingerprint density at radius 2 is 2.15 bits per heavy atom. The summed E-state index contributed by atoms with van der Waals surface area (Å²) < 4.78 is 23.7. The predicted molar refractivity (Wildman–Crippen MR) is 75.1 cm³/mol. The van der Waals surface area contributed by atoms with Gasteiger partial charge in [0, 0.05) is 12.1 Å². The Hall–Kier alpha value is -1.62. The molecule has 1 aromatic rings. The third kappa shape index (κ3) is 5.57. The van der Waals surface area contributed by atoms with Crippen LogP contribution in [0.15, 0.2) is 18.2 Å². The molecule has 112 valence electrons. The number of benzene rings is 1. The highest BCUT2D eigenvalue weighted by atomic mass is 19.1. The highest BCUT2D eigenvalue weighted by Crippen LogP contribution is 2.22. The van der Waals surface area contributed by atoms with Gasteiger partial charge in [0.15, 0.2) is 11.6 Å². The topological polar surface area (TPSA) is 47.6 Å². The van der Waals surface area contributed by atoms with Crippen LogP contribution in [0.3, 0.4) is 0 Å². The van der Waals surface area contributed by atoms with Crippen LogP contribution in [0.1, 0.15) is 25.8 Å². The molecule has 0 aliphatic rings. The van der Waals surface area contributed by atoms with Crippen molar-refractivity contribution in [1.82, 2.24) is 5.32 Å². The lowest BCUT2D eigenvalue weighted by molar-refractivity contribution is -0.141. The minimum Gasteiger partial charge on any atom is -0.490 e. The van der Waals surface area contributed by atoms with Crippen LogP contribution in [0.2, 0.25) is 0 Å². The van der Waals surface area contributed by atoms with E-state index in [-0.39, 0.29) is 24.7 Å². The number of para-hydroxylation sites is 1. The second-order valence-electron chi connectivity index (χ2n) is 4.93. The zero-order valence-corrected chi connectivity index (χ0v) is 12.2. The SMILES string of the molecule is COC(=O)CCOc1c(F)cccc1CNCC(C)C. The normalized spacial score (nSPS) is 10.7. The number of nitrogens with one attached hydrogen (secondary N) is 1. The minimum atomic E-state index is -0.418. The fraction of sp³-hybridized carbons (Fsp3) is 0.533. The third-order valence-electron chi connectivity index (χ3n) is 2.70. The number of rotatable bonds is 8. The van der Waals surface area contributed by atoms with Crippen molar-refractivity contribution in [3.8, 4) is 5.75 Å². The lowest BCUT2D eigenvalue weighted by Crippen LogP contribution is -2.20. The van der Waals surface area contributed by atoms with Crippen LogP contribution >= 0.6 is 0 Å². The molecule has 0 aliphatic heterocycles. The lowest BCUT2D eigenvalue weighted by atomic mass is 10.1. The summed E-state index contributed by atoms with van der Waals surface area (Å²) in [5, 5.41) is 3.24. The summed E-state index contributed by atoms with van der Waals surface area (Å²) in [7, 11) is 1.31. The van der Waals surface area contributed by atoms with Crippen molar-refractivity contribution in [2.45, 2.75) is 26.8 Å². The second-order valence-corrected chi connectivity index (χ2v) is 4.93. The predicted octanol–water partition coefficient (Wildman–Crippen LogP) is 2.51. The van der Waals surface area contributed by atoms with Crippen molar-refractivity contribution < 1.29 is 18.7 Å². The molecule has 1 rings (SSSR count). The van der Waals surface area contributed by atoms with E-state index in [4.69, 9.17) is 4.74 Å². The summed E-state index contributed by atoms with van der Waals surface area (Å²) in [6, 6.07) is 4.80. The van der Waals surface area contributed by atoms with E-state index in [2.05, 4.69) is 23.9 Å². The van der Waals surface area contributed by atoms with Gasteiger partial charge in [0.2, 0.25) is 0 Å². The van der Waals surface area contributed by atoms with Gasteiger partial charge >= 0.3 is 5.97 Å². The summed E-state index contributed by atoms with van der Waals surface area (Å²) in [6.45, 7) is 5.69. The Labute approximate surface area is 119 Å². The van der Waals surface area contributed by atoms with Gasteiger partial charge in [-0.2, -0.15) is 0 Å². The Bertz CT molecular complexity index is 435. The molecule has 0 bridgehead atoms. The van der Waals surface area contributed by atoms with Gasteiger partial charge in [-0.05, 0) is 18.5 Å². The van der Waals surface area contributed by atoms with Crippen LogP contribution in [-0.2, 0) is 16.1 Å². The maximum Gasteiger partial charge on any atom is 0.308 e. The highest BCUT2D eigenvalue weighted by molar-refractivity contribution is 5.69. The molecule has 0 radical (unpaired) electrons. The third-order valence-corrected chi connectivity index (χ3v) is 2.70. The molecule has 0 saturated carbocycles. The number of halogens is 1. The molecule has 0 fully saturated rings. The zero-order valence-electron chi connectivity index (χ0n) is 12.2. The molecule has 0 heterocycles. The van der Waals surface area contributed by atoms with E-state index in [1.54, 1.807) is 6.07 Å².